The number of rotatable bonds is 7. The summed E-state index contributed by atoms with van der Waals surface area (Å²) in [5, 5.41) is 0.467. The van der Waals surface area contributed by atoms with E-state index in [1.807, 2.05) is 44.2 Å². The number of carbonyl (C=O) groups is 2. The SMILES string of the molecule is COc1ccc(Cl)cc1N(CC(=O)N(Cc1ccccc1)C(C)C)C(C)=O. The molecule has 0 fully saturated rings. The summed E-state index contributed by atoms with van der Waals surface area (Å²) in [4.78, 5) is 28.4. The number of hydrogen-bond donors (Lipinski definition) is 0. The van der Waals surface area contributed by atoms with Crippen molar-refractivity contribution >= 4 is 29.1 Å². The number of ether oxygens (including phenoxy) is 1. The first kappa shape index (κ1) is 20.8. The lowest BCUT2D eigenvalue weighted by Gasteiger charge is -2.30. The average molecular weight is 389 g/mol. The van der Waals surface area contributed by atoms with Gasteiger partial charge in [-0.3, -0.25) is 14.5 Å². The van der Waals surface area contributed by atoms with Crippen molar-refractivity contribution in [1.82, 2.24) is 4.90 Å². The zero-order chi connectivity index (χ0) is 20.0. The Hall–Kier alpha value is -2.53. The molecule has 2 aromatic rings. The highest BCUT2D eigenvalue weighted by Gasteiger charge is 2.24. The molecule has 0 spiro atoms. The van der Waals surface area contributed by atoms with Gasteiger partial charge in [0.1, 0.15) is 12.3 Å². The lowest BCUT2D eigenvalue weighted by molar-refractivity contribution is -0.133. The van der Waals surface area contributed by atoms with Gasteiger partial charge in [-0.2, -0.15) is 0 Å². The predicted octanol–water partition coefficient (Wildman–Crippen LogP) is 4.14. The van der Waals surface area contributed by atoms with Gasteiger partial charge in [-0.05, 0) is 37.6 Å². The highest BCUT2D eigenvalue weighted by molar-refractivity contribution is 6.31. The van der Waals surface area contributed by atoms with Crippen molar-refractivity contribution < 1.29 is 14.3 Å². The van der Waals surface area contributed by atoms with E-state index < -0.39 is 0 Å². The number of hydrogen-bond acceptors (Lipinski definition) is 3. The molecule has 0 heterocycles. The number of benzene rings is 2. The number of carbonyl (C=O) groups excluding carboxylic acids is 2. The molecule has 5 nitrogen and oxygen atoms in total. The fourth-order valence-corrected chi connectivity index (χ4v) is 2.97. The predicted molar refractivity (Wildman–Crippen MR) is 108 cm³/mol. The van der Waals surface area contributed by atoms with E-state index in [-0.39, 0.29) is 24.4 Å². The van der Waals surface area contributed by atoms with Crippen LogP contribution in [0.1, 0.15) is 26.3 Å². The number of nitrogens with zero attached hydrogens (tertiary/aromatic N) is 2. The van der Waals surface area contributed by atoms with E-state index in [9.17, 15) is 9.59 Å². The fraction of sp³-hybridized carbons (Fsp3) is 0.333. The van der Waals surface area contributed by atoms with Crippen molar-refractivity contribution in [2.75, 3.05) is 18.6 Å². The monoisotopic (exact) mass is 388 g/mol. The third kappa shape index (κ3) is 5.47. The zero-order valence-corrected chi connectivity index (χ0v) is 16.9. The van der Waals surface area contributed by atoms with E-state index in [2.05, 4.69) is 0 Å². The number of halogens is 1. The van der Waals surface area contributed by atoms with Crippen LogP contribution in [0.4, 0.5) is 5.69 Å². The number of anilines is 1. The van der Waals surface area contributed by atoms with Crippen molar-refractivity contribution in [3.8, 4) is 5.75 Å². The van der Waals surface area contributed by atoms with Crippen molar-refractivity contribution in [2.24, 2.45) is 0 Å². The average Bonchev–Trinajstić information content (AvgIpc) is 2.64. The van der Waals surface area contributed by atoms with Crippen LogP contribution in [0.5, 0.6) is 5.75 Å². The molecular weight excluding hydrogens is 364 g/mol. The normalized spacial score (nSPS) is 10.6. The molecule has 0 bridgehead atoms. The lowest BCUT2D eigenvalue weighted by Crippen LogP contribution is -2.45. The first-order valence-electron chi connectivity index (χ1n) is 8.78. The smallest absolute Gasteiger partial charge is 0.243 e. The van der Waals surface area contributed by atoms with E-state index >= 15 is 0 Å². The molecule has 27 heavy (non-hydrogen) atoms. The van der Waals surface area contributed by atoms with Gasteiger partial charge in [0.25, 0.3) is 0 Å². The fourth-order valence-electron chi connectivity index (χ4n) is 2.81. The summed E-state index contributed by atoms with van der Waals surface area (Å²) in [5.74, 6) is 0.0833. The van der Waals surface area contributed by atoms with Crippen LogP contribution in [-0.2, 0) is 16.1 Å². The van der Waals surface area contributed by atoms with E-state index in [1.165, 1.54) is 18.9 Å². The van der Waals surface area contributed by atoms with Gasteiger partial charge in [0.05, 0.1) is 12.8 Å². The molecule has 144 valence electrons. The maximum absolute atomic E-state index is 13.0. The minimum absolute atomic E-state index is 0.00669. The zero-order valence-electron chi connectivity index (χ0n) is 16.1. The van der Waals surface area contributed by atoms with Crippen LogP contribution in [-0.4, -0.2) is 36.4 Å². The van der Waals surface area contributed by atoms with E-state index in [0.29, 0.717) is 23.0 Å². The minimum atomic E-state index is -0.257. The Bertz CT molecular complexity index is 793. The summed E-state index contributed by atoms with van der Waals surface area (Å²) < 4.78 is 5.34. The van der Waals surface area contributed by atoms with Crippen molar-refractivity contribution in [1.29, 1.82) is 0 Å². The molecule has 6 heteroatoms. The topological polar surface area (TPSA) is 49.9 Å². The molecule has 0 aliphatic rings. The first-order chi connectivity index (χ1) is 12.8. The second-order valence-corrected chi connectivity index (χ2v) is 6.96. The summed E-state index contributed by atoms with van der Waals surface area (Å²) in [5.41, 5.74) is 1.52. The van der Waals surface area contributed by atoms with Crippen LogP contribution >= 0.6 is 11.6 Å². The highest BCUT2D eigenvalue weighted by atomic mass is 35.5. The summed E-state index contributed by atoms with van der Waals surface area (Å²) in [6.07, 6.45) is 0. The van der Waals surface area contributed by atoms with Gasteiger partial charge in [-0.25, -0.2) is 0 Å². The Morgan fingerprint density at radius 3 is 2.33 bits per heavy atom. The molecule has 2 aromatic carbocycles. The van der Waals surface area contributed by atoms with Crippen molar-refractivity contribution in [3.05, 3.63) is 59.1 Å². The van der Waals surface area contributed by atoms with Gasteiger partial charge >= 0.3 is 0 Å². The van der Waals surface area contributed by atoms with Crippen LogP contribution in [0.15, 0.2) is 48.5 Å². The summed E-state index contributed by atoms with van der Waals surface area (Å²) >= 11 is 6.09. The first-order valence-corrected chi connectivity index (χ1v) is 9.16. The van der Waals surface area contributed by atoms with Crippen LogP contribution in [0, 0.1) is 0 Å². The van der Waals surface area contributed by atoms with E-state index in [4.69, 9.17) is 16.3 Å². The Morgan fingerprint density at radius 1 is 1.11 bits per heavy atom. The molecule has 0 aromatic heterocycles. The van der Waals surface area contributed by atoms with Gasteiger partial charge in [0.15, 0.2) is 0 Å². The van der Waals surface area contributed by atoms with Gasteiger partial charge in [-0.1, -0.05) is 41.9 Å². The van der Waals surface area contributed by atoms with Crippen molar-refractivity contribution in [2.45, 2.75) is 33.4 Å². The molecule has 0 N–H and O–H groups in total. The third-order valence-electron chi connectivity index (χ3n) is 4.24. The number of methoxy groups -OCH3 is 1. The van der Waals surface area contributed by atoms with Crippen LogP contribution in [0.3, 0.4) is 0 Å². The second kappa shape index (κ2) is 9.42. The minimum Gasteiger partial charge on any atom is -0.495 e. The van der Waals surface area contributed by atoms with Gasteiger partial charge in [-0.15, -0.1) is 0 Å². The van der Waals surface area contributed by atoms with Crippen LogP contribution in [0.25, 0.3) is 0 Å². The summed E-state index contributed by atoms with van der Waals surface area (Å²) in [6.45, 7) is 5.73. The molecule has 0 saturated carbocycles. The Balaban J connectivity index is 2.27. The highest BCUT2D eigenvalue weighted by Crippen LogP contribution is 2.31. The summed E-state index contributed by atoms with van der Waals surface area (Å²) in [7, 11) is 1.52. The number of amides is 2. The molecule has 2 amide bonds. The molecule has 0 saturated heterocycles. The largest absolute Gasteiger partial charge is 0.495 e. The summed E-state index contributed by atoms with van der Waals surface area (Å²) in [6, 6.07) is 14.8. The maximum atomic E-state index is 13.0. The third-order valence-corrected chi connectivity index (χ3v) is 4.48. The molecule has 0 aliphatic carbocycles. The molecule has 2 rings (SSSR count). The standard InChI is InChI=1S/C21H25ClN2O3/c1-15(2)23(13-17-8-6-5-7-9-17)21(26)14-24(16(3)25)19-12-18(22)10-11-20(19)27-4/h5-12,15H,13-14H2,1-4H3. The molecule has 0 unspecified atom stereocenters. The Labute approximate surface area is 165 Å². The second-order valence-electron chi connectivity index (χ2n) is 6.52. The van der Waals surface area contributed by atoms with Crippen LogP contribution < -0.4 is 9.64 Å². The van der Waals surface area contributed by atoms with Crippen molar-refractivity contribution in [3.63, 3.8) is 0 Å². The Kier molecular flexibility index (Phi) is 7.25. The van der Waals surface area contributed by atoms with Crippen LogP contribution in [0.2, 0.25) is 5.02 Å². The van der Waals surface area contributed by atoms with Gasteiger partial charge in [0.2, 0.25) is 11.8 Å². The molecule has 0 atom stereocenters. The van der Waals surface area contributed by atoms with E-state index in [1.54, 1.807) is 23.1 Å². The quantitative estimate of drug-likeness (QED) is 0.716. The molecule has 0 radical (unpaired) electrons. The molecular formula is C21H25ClN2O3. The Morgan fingerprint density at radius 2 is 1.78 bits per heavy atom. The van der Waals surface area contributed by atoms with Gasteiger partial charge in [0, 0.05) is 24.5 Å². The van der Waals surface area contributed by atoms with E-state index in [0.717, 1.165) is 5.56 Å². The molecule has 0 aliphatic heterocycles. The lowest BCUT2D eigenvalue weighted by atomic mass is 10.2. The van der Waals surface area contributed by atoms with Gasteiger partial charge < -0.3 is 9.64 Å². The maximum Gasteiger partial charge on any atom is 0.243 e.